The van der Waals surface area contributed by atoms with Crippen molar-refractivity contribution in [2.24, 2.45) is 0 Å². The van der Waals surface area contributed by atoms with Gasteiger partial charge in [-0.2, -0.15) is 10.4 Å². The van der Waals surface area contributed by atoms with E-state index in [4.69, 9.17) is 15.7 Å². The largest absolute Gasteiger partial charge is 0.461 e. The van der Waals surface area contributed by atoms with E-state index in [9.17, 15) is 4.79 Å². The standard InChI is InChI=1S/C9H11BrN4O2/c1-2-16-9(15)7-6(10)8(12)14(13-7)5-3-4-11/h2-3,5,12H2,1H3. The molecule has 16 heavy (non-hydrogen) atoms. The fourth-order valence-corrected chi connectivity index (χ4v) is 1.56. The first-order valence-corrected chi connectivity index (χ1v) is 5.47. The molecule has 0 saturated carbocycles. The smallest absolute Gasteiger partial charge is 0.360 e. The molecule has 0 atom stereocenters. The lowest BCUT2D eigenvalue weighted by Crippen LogP contribution is -2.08. The molecule has 0 amide bonds. The Morgan fingerprint density at radius 2 is 2.44 bits per heavy atom. The number of aromatic nitrogens is 2. The van der Waals surface area contributed by atoms with Gasteiger partial charge in [-0.25, -0.2) is 9.48 Å². The molecule has 0 bridgehead atoms. The van der Waals surface area contributed by atoms with E-state index in [1.54, 1.807) is 6.92 Å². The molecule has 0 radical (unpaired) electrons. The van der Waals surface area contributed by atoms with Gasteiger partial charge in [0.15, 0.2) is 5.69 Å². The number of nitrogens with two attached hydrogens (primary N) is 1. The monoisotopic (exact) mass is 286 g/mol. The van der Waals surface area contributed by atoms with Crippen molar-refractivity contribution in [3.8, 4) is 6.07 Å². The molecule has 7 heteroatoms. The van der Waals surface area contributed by atoms with Crippen LogP contribution in [0.5, 0.6) is 0 Å². The lowest BCUT2D eigenvalue weighted by atomic mass is 10.4. The van der Waals surface area contributed by atoms with Crippen molar-refractivity contribution < 1.29 is 9.53 Å². The van der Waals surface area contributed by atoms with E-state index in [1.807, 2.05) is 6.07 Å². The van der Waals surface area contributed by atoms with E-state index in [0.717, 1.165) is 0 Å². The second-order valence-electron chi connectivity index (χ2n) is 2.90. The van der Waals surface area contributed by atoms with Crippen LogP contribution in [-0.4, -0.2) is 22.4 Å². The summed E-state index contributed by atoms with van der Waals surface area (Å²) < 4.78 is 6.62. The van der Waals surface area contributed by atoms with Crippen LogP contribution in [0.1, 0.15) is 23.8 Å². The normalized spacial score (nSPS) is 9.81. The number of nitrogens with zero attached hydrogens (tertiary/aromatic N) is 3. The first-order valence-electron chi connectivity index (χ1n) is 4.67. The average molecular weight is 287 g/mol. The van der Waals surface area contributed by atoms with Crippen molar-refractivity contribution in [2.45, 2.75) is 19.9 Å². The van der Waals surface area contributed by atoms with Gasteiger partial charge in [-0.15, -0.1) is 0 Å². The van der Waals surface area contributed by atoms with E-state index in [1.165, 1.54) is 4.68 Å². The number of carbonyl (C=O) groups excluding carboxylic acids is 1. The van der Waals surface area contributed by atoms with Crippen molar-refractivity contribution >= 4 is 27.7 Å². The molecule has 1 heterocycles. The summed E-state index contributed by atoms with van der Waals surface area (Å²) in [6.07, 6.45) is 0.278. The van der Waals surface area contributed by atoms with E-state index in [-0.39, 0.29) is 18.7 Å². The highest BCUT2D eigenvalue weighted by molar-refractivity contribution is 9.10. The van der Waals surface area contributed by atoms with Gasteiger partial charge in [-0.1, -0.05) is 0 Å². The number of rotatable bonds is 4. The number of nitriles is 1. The molecule has 6 nitrogen and oxygen atoms in total. The van der Waals surface area contributed by atoms with Gasteiger partial charge in [0, 0.05) is 0 Å². The Hall–Kier alpha value is -1.55. The molecule has 0 unspecified atom stereocenters. The van der Waals surface area contributed by atoms with Crippen molar-refractivity contribution in [1.29, 1.82) is 5.26 Å². The molecule has 1 rings (SSSR count). The number of hydrogen-bond acceptors (Lipinski definition) is 5. The number of esters is 1. The van der Waals surface area contributed by atoms with Crippen molar-refractivity contribution in [2.75, 3.05) is 12.3 Å². The molecular formula is C9H11BrN4O2. The molecule has 2 N–H and O–H groups in total. The summed E-state index contributed by atoms with van der Waals surface area (Å²) in [6.45, 7) is 2.33. The first-order chi connectivity index (χ1) is 7.61. The number of aryl methyl sites for hydroxylation is 1. The van der Waals surface area contributed by atoms with E-state index >= 15 is 0 Å². The average Bonchev–Trinajstić information content (AvgIpc) is 2.54. The third kappa shape index (κ3) is 2.52. The second kappa shape index (κ2) is 5.51. The molecule has 0 spiro atoms. The molecule has 0 fully saturated rings. The number of ether oxygens (including phenoxy) is 1. The van der Waals surface area contributed by atoms with Gasteiger partial charge in [-0.05, 0) is 22.9 Å². The van der Waals surface area contributed by atoms with Gasteiger partial charge in [0.25, 0.3) is 0 Å². The minimum atomic E-state index is -0.531. The van der Waals surface area contributed by atoms with Gasteiger partial charge in [-0.3, -0.25) is 0 Å². The Kier molecular flexibility index (Phi) is 4.31. The Labute approximate surface area is 101 Å². The zero-order valence-electron chi connectivity index (χ0n) is 8.73. The molecule has 0 aromatic carbocycles. The number of carbonyl (C=O) groups is 1. The molecule has 1 aromatic heterocycles. The number of nitrogen functional groups attached to an aromatic ring is 1. The summed E-state index contributed by atoms with van der Waals surface area (Å²) in [5, 5.41) is 12.4. The first kappa shape index (κ1) is 12.5. The summed E-state index contributed by atoms with van der Waals surface area (Å²) in [6, 6.07) is 1.98. The van der Waals surface area contributed by atoms with Crippen LogP contribution in [-0.2, 0) is 11.3 Å². The van der Waals surface area contributed by atoms with Crippen LogP contribution < -0.4 is 5.73 Å². The number of hydrogen-bond donors (Lipinski definition) is 1. The van der Waals surface area contributed by atoms with Crippen LogP contribution in [0.25, 0.3) is 0 Å². The molecule has 0 aliphatic heterocycles. The summed E-state index contributed by atoms with van der Waals surface area (Å²) in [5.41, 5.74) is 5.85. The van der Waals surface area contributed by atoms with Crippen LogP contribution in [0.2, 0.25) is 0 Å². The Bertz CT molecular complexity index is 435. The van der Waals surface area contributed by atoms with Crippen LogP contribution in [0.4, 0.5) is 5.82 Å². The summed E-state index contributed by atoms with van der Waals surface area (Å²) in [4.78, 5) is 11.5. The third-order valence-corrected chi connectivity index (χ3v) is 2.62. The molecule has 0 saturated heterocycles. The van der Waals surface area contributed by atoms with Crippen LogP contribution >= 0.6 is 15.9 Å². The highest BCUT2D eigenvalue weighted by Crippen LogP contribution is 2.24. The van der Waals surface area contributed by atoms with E-state index < -0.39 is 5.97 Å². The molecule has 86 valence electrons. The quantitative estimate of drug-likeness (QED) is 0.843. The van der Waals surface area contributed by atoms with Crippen LogP contribution in [0, 0.1) is 11.3 Å². The predicted molar refractivity (Wildman–Crippen MR) is 60.5 cm³/mol. The fraction of sp³-hybridized carbons (Fsp3) is 0.444. The highest BCUT2D eigenvalue weighted by atomic mass is 79.9. The third-order valence-electron chi connectivity index (χ3n) is 1.84. The number of halogens is 1. The van der Waals surface area contributed by atoms with Gasteiger partial charge >= 0.3 is 5.97 Å². The minimum absolute atomic E-state index is 0.136. The maximum Gasteiger partial charge on any atom is 0.360 e. The van der Waals surface area contributed by atoms with Crippen LogP contribution in [0.3, 0.4) is 0 Å². The maximum atomic E-state index is 11.5. The van der Waals surface area contributed by atoms with Crippen molar-refractivity contribution in [1.82, 2.24) is 9.78 Å². The SMILES string of the molecule is CCOC(=O)c1nn(CCC#N)c(N)c1Br. The van der Waals surface area contributed by atoms with Gasteiger partial charge in [0.05, 0.1) is 30.1 Å². The summed E-state index contributed by atoms with van der Waals surface area (Å²) in [7, 11) is 0. The van der Waals surface area contributed by atoms with Crippen molar-refractivity contribution in [3.05, 3.63) is 10.2 Å². The van der Waals surface area contributed by atoms with E-state index in [2.05, 4.69) is 21.0 Å². The highest BCUT2D eigenvalue weighted by Gasteiger charge is 2.20. The Morgan fingerprint density at radius 1 is 1.75 bits per heavy atom. The Morgan fingerprint density at radius 3 is 3.00 bits per heavy atom. The second-order valence-corrected chi connectivity index (χ2v) is 3.69. The Balaban J connectivity index is 2.96. The van der Waals surface area contributed by atoms with Gasteiger partial charge in [0.1, 0.15) is 5.82 Å². The predicted octanol–water partition coefficient (Wildman–Crippen LogP) is 1.32. The zero-order valence-corrected chi connectivity index (χ0v) is 10.3. The minimum Gasteiger partial charge on any atom is -0.461 e. The zero-order chi connectivity index (χ0) is 12.1. The van der Waals surface area contributed by atoms with Crippen LogP contribution in [0.15, 0.2) is 4.47 Å². The summed E-state index contributed by atoms with van der Waals surface area (Å²) in [5.74, 6) is -0.213. The van der Waals surface area contributed by atoms with Crippen molar-refractivity contribution in [3.63, 3.8) is 0 Å². The molecule has 0 aliphatic rings. The van der Waals surface area contributed by atoms with E-state index in [0.29, 0.717) is 16.8 Å². The topological polar surface area (TPSA) is 93.9 Å². The summed E-state index contributed by atoms with van der Waals surface area (Å²) >= 11 is 3.17. The molecular weight excluding hydrogens is 276 g/mol. The molecule has 0 aliphatic carbocycles. The lowest BCUT2D eigenvalue weighted by Gasteiger charge is -1.98. The fourth-order valence-electron chi connectivity index (χ4n) is 1.11. The maximum absolute atomic E-state index is 11.5. The molecule has 1 aromatic rings. The van der Waals surface area contributed by atoms with Gasteiger partial charge in [0.2, 0.25) is 0 Å². The lowest BCUT2D eigenvalue weighted by molar-refractivity contribution is 0.0517. The van der Waals surface area contributed by atoms with Gasteiger partial charge < -0.3 is 10.5 Å². The number of anilines is 1.